The van der Waals surface area contributed by atoms with Crippen LogP contribution in [0.3, 0.4) is 0 Å². The molecule has 31 heavy (non-hydrogen) atoms. The van der Waals surface area contributed by atoms with Gasteiger partial charge >= 0.3 is 0 Å². The molecule has 6 nitrogen and oxygen atoms in total. The highest BCUT2D eigenvalue weighted by Crippen LogP contribution is 2.38. The van der Waals surface area contributed by atoms with Gasteiger partial charge in [-0.25, -0.2) is 0 Å². The highest BCUT2D eigenvalue weighted by molar-refractivity contribution is 9.10. The molecular weight excluding hydrogens is 460 g/mol. The number of nitrogens with one attached hydrogen (secondary N) is 1. The van der Waals surface area contributed by atoms with Crippen molar-refractivity contribution in [1.29, 1.82) is 0 Å². The molecule has 2 aliphatic rings. The lowest BCUT2D eigenvalue weighted by Gasteiger charge is -2.32. The number of hydrogen-bond donors (Lipinski definition) is 1. The van der Waals surface area contributed by atoms with Crippen LogP contribution >= 0.6 is 15.9 Å². The molecule has 2 aromatic carbocycles. The zero-order valence-corrected chi connectivity index (χ0v) is 18.8. The number of nitrogens with zero attached hydrogens (tertiary/aromatic N) is 1. The number of benzene rings is 2. The first kappa shape index (κ1) is 20.3. The van der Waals surface area contributed by atoms with Crippen LogP contribution in [0.1, 0.15) is 28.6 Å². The third-order valence-electron chi connectivity index (χ3n) is 6.11. The van der Waals surface area contributed by atoms with Crippen molar-refractivity contribution in [2.75, 3.05) is 32.7 Å². The third-order valence-corrected chi connectivity index (χ3v) is 6.60. The van der Waals surface area contributed by atoms with Crippen LogP contribution in [0, 0.1) is 0 Å². The number of carbonyl (C=O) groups excluding carboxylic acids is 1. The molecule has 1 N–H and O–H groups in total. The van der Waals surface area contributed by atoms with Crippen LogP contribution in [0.4, 0.5) is 0 Å². The maximum absolute atomic E-state index is 13.0. The number of fused-ring (bicyclic) bond motifs is 2. The highest BCUT2D eigenvalue weighted by Gasteiger charge is 2.32. The van der Waals surface area contributed by atoms with E-state index in [1.165, 1.54) is 11.0 Å². The maximum atomic E-state index is 13.0. The smallest absolute Gasteiger partial charge is 0.232 e. The molecule has 2 aliphatic heterocycles. The van der Waals surface area contributed by atoms with Crippen molar-refractivity contribution in [2.45, 2.75) is 13.5 Å². The largest absolute Gasteiger partial charge is 0.872 e. The Hall–Kier alpha value is -2.61. The van der Waals surface area contributed by atoms with Crippen LogP contribution in [-0.4, -0.2) is 43.4 Å². The first-order chi connectivity index (χ1) is 15.0. The van der Waals surface area contributed by atoms with Crippen LogP contribution in [0.2, 0.25) is 0 Å². The first-order valence-electron chi connectivity index (χ1n) is 10.5. The number of furan rings is 1. The number of piperazine rings is 1. The number of ether oxygens (including phenoxy) is 1. The number of likely N-dealkylation sites (N-methyl/N-ethyl adjacent to an activating group) is 1. The summed E-state index contributed by atoms with van der Waals surface area (Å²) in [5, 5.41) is 13.6. The standard InChI is InChI=1S/C24H23BrN2O4/c1-2-26-7-9-27(10-8-26)14-19-20(28)5-4-18-23(29)22(31-24(18)19)13-17-12-15-11-16(25)3-6-21(15)30-17/h3-6,11-13,28H,2,7-10,14H2,1H3. The molecule has 160 valence electrons. The lowest BCUT2D eigenvalue weighted by molar-refractivity contribution is -0.918. The van der Waals surface area contributed by atoms with Gasteiger partial charge in [0, 0.05) is 34.6 Å². The lowest BCUT2D eigenvalue weighted by atomic mass is 10.0. The van der Waals surface area contributed by atoms with E-state index < -0.39 is 0 Å². The van der Waals surface area contributed by atoms with Gasteiger partial charge in [0.25, 0.3) is 0 Å². The van der Waals surface area contributed by atoms with E-state index in [1.807, 2.05) is 24.3 Å². The number of ketones is 1. The Morgan fingerprint density at radius 1 is 1.19 bits per heavy atom. The third kappa shape index (κ3) is 3.89. The Bertz CT molecular complexity index is 1190. The van der Waals surface area contributed by atoms with Crippen molar-refractivity contribution in [2.24, 2.45) is 0 Å². The lowest BCUT2D eigenvalue weighted by Crippen LogP contribution is -3.13. The average molecular weight is 483 g/mol. The minimum Gasteiger partial charge on any atom is -0.872 e. The van der Waals surface area contributed by atoms with E-state index in [0.29, 0.717) is 29.2 Å². The molecule has 0 amide bonds. The zero-order chi connectivity index (χ0) is 21.5. The van der Waals surface area contributed by atoms with Crippen LogP contribution in [-0.2, 0) is 6.54 Å². The predicted octanol–water partition coefficient (Wildman–Crippen LogP) is 2.61. The van der Waals surface area contributed by atoms with Crippen molar-refractivity contribution in [3.8, 4) is 11.5 Å². The summed E-state index contributed by atoms with van der Waals surface area (Å²) in [6.07, 6.45) is 1.61. The van der Waals surface area contributed by atoms with Crippen LogP contribution < -0.4 is 14.7 Å². The number of rotatable bonds is 4. The van der Waals surface area contributed by atoms with Gasteiger partial charge in [0.2, 0.25) is 5.78 Å². The minimum absolute atomic E-state index is 0.0770. The van der Waals surface area contributed by atoms with E-state index in [2.05, 4.69) is 27.8 Å². The molecule has 1 saturated heterocycles. The predicted molar refractivity (Wildman–Crippen MR) is 119 cm³/mol. The van der Waals surface area contributed by atoms with E-state index in [1.54, 1.807) is 12.1 Å². The van der Waals surface area contributed by atoms with Gasteiger partial charge in [0.15, 0.2) is 5.76 Å². The fourth-order valence-corrected chi connectivity index (χ4v) is 4.68. The number of halogens is 1. The SMILES string of the molecule is CCN1CC[NH+](Cc2c([O-])ccc3c2OC(=Cc2cc4cc(Br)ccc4o2)C3=O)CC1. The number of carbonyl (C=O) groups is 1. The van der Waals surface area contributed by atoms with E-state index in [0.717, 1.165) is 48.2 Å². The van der Waals surface area contributed by atoms with Gasteiger partial charge in [0.05, 0.1) is 18.7 Å². The molecule has 0 bridgehead atoms. The van der Waals surface area contributed by atoms with Gasteiger partial charge in [-0.05, 0) is 36.9 Å². The second-order valence-electron chi connectivity index (χ2n) is 8.05. The molecule has 0 atom stereocenters. The molecule has 0 unspecified atom stereocenters. The molecule has 7 heteroatoms. The van der Waals surface area contributed by atoms with Crippen molar-refractivity contribution >= 4 is 38.8 Å². The molecule has 0 aliphatic carbocycles. The summed E-state index contributed by atoms with van der Waals surface area (Å²) in [6.45, 7) is 7.76. The monoisotopic (exact) mass is 482 g/mol. The quantitative estimate of drug-likeness (QED) is 0.578. The molecule has 0 saturated carbocycles. The highest BCUT2D eigenvalue weighted by atomic mass is 79.9. The van der Waals surface area contributed by atoms with Crippen LogP contribution in [0.5, 0.6) is 11.5 Å². The summed E-state index contributed by atoms with van der Waals surface area (Å²) < 4.78 is 12.7. The molecule has 1 aromatic heterocycles. The number of hydrogen-bond acceptors (Lipinski definition) is 5. The van der Waals surface area contributed by atoms with Crippen molar-refractivity contribution in [3.05, 3.63) is 63.5 Å². The molecule has 0 radical (unpaired) electrons. The summed E-state index contributed by atoms with van der Waals surface area (Å²) in [5.41, 5.74) is 1.77. The number of allylic oxidation sites excluding steroid dienone is 1. The van der Waals surface area contributed by atoms with E-state index in [4.69, 9.17) is 9.15 Å². The van der Waals surface area contributed by atoms with Crippen LogP contribution in [0.15, 0.2) is 51.0 Å². The Morgan fingerprint density at radius 3 is 2.77 bits per heavy atom. The van der Waals surface area contributed by atoms with Gasteiger partial charge in [-0.2, -0.15) is 0 Å². The number of quaternary nitrogens is 1. The van der Waals surface area contributed by atoms with Gasteiger partial charge < -0.3 is 19.2 Å². The van der Waals surface area contributed by atoms with Crippen molar-refractivity contribution in [3.63, 3.8) is 0 Å². The molecule has 5 rings (SSSR count). The molecule has 0 spiro atoms. The maximum Gasteiger partial charge on any atom is 0.232 e. The van der Waals surface area contributed by atoms with E-state index in [9.17, 15) is 9.90 Å². The average Bonchev–Trinajstić information content (AvgIpc) is 3.31. The second-order valence-corrected chi connectivity index (χ2v) is 8.97. The van der Waals surface area contributed by atoms with Crippen molar-refractivity contribution < 1.29 is 24.0 Å². The van der Waals surface area contributed by atoms with Gasteiger partial charge in [-0.3, -0.25) is 9.69 Å². The molecular formula is C24H23BrN2O4. The Labute approximate surface area is 188 Å². The number of Topliss-reactive ketones (excluding diaryl/α,β-unsaturated/α-hetero) is 1. The van der Waals surface area contributed by atoms with Gasteiger partial charge in [-0.1, -0.05) is 34.7 Å². The molecule has 3 aromatic rings. The summed E-state index contributed by atoms with van der Waals surface area (Å²) in [6, 6.07) is 10.7. The Balaban J connectivity index is 1.42. The second kappa shape index (κ2) is 8.15. The van der Waals surface area contributed by atoms with E-state index in [-0.39, 0.29) is 17.3 Å². The molecule has 1 fully saturated rings. The first-order valence-corrected chi connectivity index (χ1v) is 11.3. The Morgan fingerprint density at radius 2 is 2.00 bits per heavy atom. The topological polar surface area (TPSA) is 70.2 Å². The normalized spacial score (nSPS) is 18.6. The van der Waals surface area contributed by atoms with Crippen molar-refractivity contribution in [1.82, 2.24) is 4.90 Å². The van der Waals surface area contributed by atoms with E-state index >= 15 is 0 Å². The molecule has 3 heterocycles. The fraction of sp³-hybridized carbons (Fsp3) is 0.292. The zero-order valence-electron chi connectivity index (χ0n) is 17.2. The summed E-state index contributed by atoms with van der Waals surface area (Å²) in [4.78, 5) is 16.7. The summed E-state index contributed by atoms with van der Waals surface area (Å²) >= 11 is 3.45. The summed E-state index contributed by atoms with van der Waals surface area (Å²) in [7, 11) is 0. The Kier molecular flexibility index (Phi) is 5.33. The van der Waals surface area contributed by atoms with Gasteiger partial charge in [-0.15, -0.1) is 0 Å². The summed E-state index contributed by atoms with van der Waals surface area (Å²) in [5.74, 6) is 0.837. The van der Waals surface area contributed by atoms with Gasteiger partial charge in [0.1, 0.15) is 23.6 Å². The van der Waals surface area contributed by atoms with Crippen LogP contribution in [0.25, 0.3) is 17.0 Å². The fourth-order valence-electron chi connectivity index (χ4n) is 4.30. The minimum atomic E-state index is -0.219.